The van der Waals surface area contributed by atoms with Gasteiger partial charge in [0.05, 0.1) is 22.2 Å². The summed E-state index contributed by atoms with van der Waals surface area (Å²) in [5, 5.41) is 4.29. The number of aryl methyl sites for hydroxylation is 1. The minimum Gasteiger partial charge on any atom is -0.354 e. The van der Waals surface area contributed by atoms with Crippen molar-refractivity contribution in [3.8, 4) is 0 Å². The van der Waals surface area contributed by atoms with E-state index in [1.807, 2.05) is 49.2 Å². The summed E-state index contributed by atoms with van der Waals surface area (Å²) in [5.74, 6) is -0.279. The summed E-state index contributed by atoms with van der Waals surface area (Å²) >= 11 is 2.89. The van der Waals surface area contributed by atoms with Gasteiger partial charge >= 0.3 is 0 Å². The first kappa shape index (κ1) is 22.4. The Morgan fingerprint density at radius 3 is 2.76 bits per heavy atom. The number of fused-ring (bicyclic) bond motifs is 1. The Hall–Kier alpha value is -3.36. The monoisotopic (exact) mass is 490 g/mol. The maximum absolute atomic E-state index is 13.8. The molecule has 0 aliphatic carbocycles. The van der Waals surface area contributed by atoms with Crippen LogP contribution in [0.25, 0.3) is 11.1 Å². The summed E-state index contributed by atoms with van der Waals surface area (Å²) in [6.45, 7) is 4.57. The number of halogens is 1. The zero-order valence-electron chi connectivity index (χ0n) is 19.0. The molecule has 5 rings (SSSR count). The number of pyridine rings is 1. The van der Waals surface area contributed by atoms with Crippen LogP contribution in [0.3, 0.4) is 0 Å². The van der Waals surface area contributed by atoms with Crippen molar-refractivity contribution in [2.24, 2.45) is 0 Å². The summed E-state index contributed by atoms with van der Waals surface area (Å²) in [4.78, 5) is 20.4. The standard InChI is InChI=1S/C26H23FN4OS2/c1-4-31-23(13-17-11-12-28-15-20(17)29-19-8-6-5-7-16(19)2)34-24(25(31)32)26-30(3)21-10-9-18(27)14-22(21)33-26/h5-15,29H,4H2,1-3H3/b23-13-,26-24+. The molecule has 0 amide bonds. The zero-order chi connectivity index (χ0) is 23.8. The first-order valence-electron chi connectivity index (χ1n) is 10.9. The van der Waals surface area contributed by atoms with Gasteiger partial charge in [0, 0.05) is 35.9 Å². The van der Waals surface area contributed by atoms with Crippen LogP contribution in [0.2, 0.25) is 0 Å². The second kappa shape index (κ2) is 9.12. The van der Waals surface area contributed by atoms with Crippen molar-refractivity contribution >= 4 is 51.3 Å². The van der Waals surface area contributed by atoms with Crippen LogP contribution in [0.4, 0.5) is 21.5 Å². The van der Waals surface area contributed by atoms with Crippen LogP contribution < -0.4 is 25.0 Å². The zero-order valence-corrected chi connectivity index (χ0v) is 20.6. The van der Waals surface area contributed by atoms with Gasteiger partial charge in [-0.15, -0.1) is 11.3 Å². The molecule has 1 N–H and O–H groups in total. The van der Waals surface area contributed by atoms with Crippen LogP contribution in [0.5, 0.6) is 0 Å². The summed E-state index contributed by atoms with van der Waals surface area (Å²) in [5.41, 5.74) is 4.82. The molecule has 2 aromatic heterocycles. The molecule has 0 saturated heterocycles. The molecule has 0 bridgehead atoms. The minimum atomic E-state index is -0.279. The number of nitrogens with zero attached hydrogens (tertiary/aromatic N) is 3. The Kier molecular flexibility index (Phi) is 6.02. The van der Waals surface area contributed by atoms with Crippen LogP contribution in [0.15, 0.2) is 70.6 Å². The number of nitrogens with one attached hydrogen (secondary N) is 1. The number of para-hydroxylation sites is 1. The van der Waals surface area contributed by atoms with E-state index in [0.717, 1.165) is 42.8 Å². The van der Waals surface area contributed by atoms with E-state index in [4.69, 9.17) is 0 Å². The Labute approximate surface area is 204 Å². The van der Waals surface area contributed by atoms with E-state index in [1.54, 1.807) is 23.0 Å². The van der Waals surface area contributed by atoms with Gasteiger partial charge in [-0.3, -0.25) is 14.3 Å². The molecule has 0 saturated carbocycles. The Morgan fingerprint density at radius 1 is 1.15 bits per heavy atom. The SMILES string of the molecule is CCn1c(=O)/c(=C2\Sc3cc(F)ccc3N2C)s/c1=C\c1ccncc1Nc1ccccc1C. The molecule has 8 heteroatoms. The van der Waals surface area contributed by atoms with Gasteiger partial charge in [0.25, 0.3) is 5.56 Å². The van der Waals surface area contributed by atoms with Crippen molar-refractivity contribution < 1.29 is 4.39 Å². The summed E-state index contributed by atoms with van der Waals surface area (Å²) in [6, 6.07) is 14.7. The van der Waals surface area contributed by atoms with E-state index in [9.17, 15) is 9.18 Å². The Balaban J connectivity index is 1.63. The maximum Gasteiger partial charge on any atom is 0.271 e. The molecule has 4 aromatic rings. The normalized spacial score (nSPS) is 15.1. The van der Waals surface area contributed by atoms with Crippen molar-refractivity contribution in [2.75, 3.05) is 17.3 Å². The average molecular weight is 491 g/mol. The number of aromatic nitrogens is 2. The summed E-state index contributed by atoms with van der Waals surface area (Å²) < 4.78 is 17.0. The second-order valence-corrected chi connectivity index (χ2v) is 10.0. The van der Waals surface area contributed by atoms with Crippen molar-refractivity contribution in [3.05, 3.63) is 97.4 Å². The third kappa shape index (κ3) is 4.03. The molecular weight excluding hydrogens is 467 g/mol. The van der Waals surface area contributed by atoms with Gasteiger partial charge in [-0.1, -0.05) is 30.0 Å². The Bertz CT molecular complexity index is 1570. The highest BCUT2D eigenvalue weighted by Gasteiger charge is 2.25. The number of thiazole rings is 1. The van der Waals surface area contributed by atoms with E-state index in [1.165, 1.54) is 35.2 Å². The van der Waals surface area contributed by atoms with E-state index >= 15 is 0 Å². The number of rotatable bonds is 4. The molecule has 172 valence electrons. The molecule has 0 spiro atoms. The molecule has 0 unspecified atom stereocenters. The average Bonchev–Trinajstić information content (AvgIpc) is 3.31. The molecule has 2 aromatic carbocycles. The van der Waals surface area contributed by atoms with Crippen molar-refractivity contribution in [1.29, 1.82) is 0 Å². The lowest BCUT2D eigenvalue weighted by molar-refractivity contribution is 0.624. The number of thioether (sulfide) groups is 1. The fourth-order valence-corrected chi connectivity index (χ4v) is 6.42. The smallest absolute Gasteiger partial charge is 0.271 e. The molecule has 0 atom stereocenters. The maximum atomic E-state index is 13.8. The molecule has 0 fully saturated rings. The van der Waals surface area contributed by atoms with Crippen LogP contribution in [0, 0.1) is 12.7 Å². The van der Waals surface area contributed by atoms with Gasteiger partial charge in [0.15, 0.2) is 0 Å². The number of hydrogen-bond donors (Lipinski definition) is 1. The third-order valence-electron chi connectivity index (χ3n) is 5.77. The fourth-order valence-electron chi connectivity index (χ4n) is 3.92. The van der Waals surface area contributed by atoms with Crippen LogP contribution in [-0.2, 0) is 6.54 Å². The van der Waals surface area contributed by atoms with Gasteiger partial charge in [-0.25, -0.2) is 4.39 Å². The molecule has 1 aliphatic heterocycles. The van der Waals surface area contributed by atoms with Crippen molar-refractivity contribution in [3.63, 3.8) is 0 Å². The first-order valence-corrected chi connectivity index (χ1v) is 12.5. The lowest BCUT2D eigenvalue weighted by Crippen LogP contribution is -2.33. The lowest BCUT2D eigenvalue weighted by Gasteiger charge is -2.12. The molecule has 1 aliphatic rings. The van der Waals surface area contributed by atoms with E-state index in [-0.39, 0.29) is 11.4 Å². The van der Waals surface area contributed by atoms with Crippen molar-refractivity contribution in [2.45, 2.75) is 25.3 Å². The van der Waals surface area contributed by atoms with Crippen molar-refractivity contribution in [1.82, 2.24) is 9.55 Å². The quantitative estimate of drug-likeness (QED) is 0.451. The predicted molar refractivity (Wildman–Crippen MR) is 140 cm³/mol. The van der Waals surface area contributed by atoms with E-state index in [2.05, 4.69) is 23.3 Å². The summed E-state index contributed by atoms with van der Waals surface area (Å²) in [6.07, 6.45) is 5.56. The Morgan fingerprint density at radius 2 is 1.97 bits per heavy atom. The van der Waals surface area contributed by atoms with Gasteiger partial charge < -0.3 is 10.2 Å². The number of anilines is 3. The minimum absolute atomic E-state index is 0.0381. The molecule has 34 heavy (non-hydrogen) atoms. The number of hydrogen-bond acceptors (Lipinski definition) is 6. The molecule has 5 nitrogen and oxygen atoms in total. The molecule has 0 radical (unpaired) electrons. The van der Waals surface area contributed by atoms with Crippen LogP contribution in [0.1, 0.15) is 18.1 Å². The highest BCUT2D eigenvalue weighted by molar-refractivity contribution is 8.08. The molecule has 3 heterocycles. The highest BCUT2D eigenvalue weighted by atomic mass is 32.2. The lowest BCUT2D eigenvalue weighted by atomic mass is 10.1. The van der Waals surface area contributed by atoms with Gasteiger partial charge in [0.1, 0.15) is 15.4 Å². The predicted octanol–water partition coefficient (Wildman–Crippen LogP) is 4.65. The highest BCUT2D eigenvalue weighted by Crippen LogP contribution is 2.45. The largest absolute Gasteiger partial charge is 0.354 e. The van der Waals surface area contributed by atoms with Crippen LogP contribution >= 0.6 is 23.1 Å². The van der Waals surface area contributed by atoms with Crippen LogP contribution in [-0.4, -0.2) is 16.6 Å². The van der Waals surface area contributed by atoms with Gasteiger partial charge in [-0.2, -0.15) is 0 Å². The number of benzene rings is 2. The van der Waals surface area contributed by atoms with E-state index in [0.29, 0.717) is 11.1 Å². The van der Waals surface area contributed by atoms with Gasteiger partial charge in [-0.05, 0) is 55.8 Å². The second-order valence-electron chi connectivity index (χ2n) is 7.94. The third-order valence-corrected chi connectivity index (χ3v) is 8.23. The topological polar surface area (TPSA) is 50.2 Å². The van der Waals surface area contributed by atoms with E-state index < -0.39 is 0 Å². The fraction of sp³-hybridized carbons (Fsp3) is 0.154. The summed E-state index contributed by atoms with van der Waals surface area (Å²) in [7, 11) is 1.91. The first-order chi connectivity index (χ1) is 16.5. The van der Waals surface area contributed by atoms with Gasteiger partial charge in [0.2, 0.25) is 0 Å². The molecular formula is C26H23FN4OS2.